The van der Waals surface area contributed by atoms with Gasteiger partial charge in [0.05, 0.1) is 18.2 Å². The van der Waals surface area contributed by atoms with E-state index < -0.39 is 28.5 Å². The highest BCUT2D eigenvalue weighted by atomic mass is 32.2. The molecule has 2 N–H and O–H groups in total. The van der Waals surface area contributed by atoms with Crippen LogP contribution < -0.4 is 4.72 Å². The van der Waals surface area contributed by atoms with Gasteiger partial charge in [-0.15, -0.1) is 0 Å². The molecular weight excluding hydrogens is 372 g/mol. The van der Waals surface area contributed by atoms with E-state index in [1.807, 2.05) is 0 Å². The van der Waals surface area contributed by atoms with Gasteiger partial charge < -0.3 is 14.0 Å². The van der Waals surface area contributed by atoms with Gasteiger partial charge in [0.1, 0.15) is 0 Å². The smallest absolute Gasteiger partial charge is 0.305 e. The third-order valence-electron chi connectivity index (χ3n) is 4.11. The fraction of sp³-hybridized carbons (Fsp3) is 0.222. The molecule has 8 nitrogen and oxygen atoms in total. The topological polar surface area (TPSA) is 123 Å². The normalized spacial score (nSPS) is 12.8. The van der Waals surface area contributed by atoms with E-state index in [1.54, 1.807) is 44.2 Å². The Morgan fingerprint density at radius 3 is 2.48 bits per heavy atom. The molecule has 0 saturated carbocycles. The van der Waals surface area contributed by atoms with E-state index in [0.29, 0.717) is 17.0 Å². The Hall–Kier alpha value is -2.91. The van der Waals surface area contributed by atoms with Gasteiger partial charge in [-0.05, 0) is 31.5 Å². The Morgan fingerprint density at radius 2 is 1.89 bits per heavy atom. The summed E-state index contributed by atoms with van der Waals surface area (Å²) in [5.41, 5.74) is 1.96. The molecule has 0 fully saturated rings. The highest BCUT2D eigenvalue weighted by Crippen LogP contribution is 2.29. The molecule has 0 aliphatic carbocycles. The largest absolute Gasteiger partial charge is 0.481 e. The number of carboxylic acids is 1. The fourth-order valence-corrected chi connectivity index (χ4v) is 3.72. The van der Waals surface area contributed by atoms with Crippen molar-refractivity contribution < 1.29 is 27.3 Å². The number of nitrogens with one attached hydrogen (secondary N) is 1. The van der Waals surface area contributed by atoms with Gasteiger partial charge in [0.2, 0.25) is 10.9 Å². The third kappa shape index (κ3) is 4.09. The number of aliphatic carboxylic acids is 1. The number of carboxylic acid groups (broad SMARTS) is 1. The van der Waals surface area contributed by atoms with E-state index >= 15 is 0 Å². The molecule has 9 heteroatoms. The lowest BCUT2D eigenvalue weighted by atomic mass is 10.1. The number of benzene rings is 1. The number of carbonyl (C=O) groups is 1. The van der Waals surface area contributed by atoms with Crippen LogP contribution in [0.5, 0.6) is 0 Å². The van der Waals surface area contributed by atoms with Crippen LogP contribution in [-0.4, -0.2) is 24.7 Å². The highest BCUT2D eigenvalue weighted by Gasteiger charge is 2.27. The first kappa shape index (κ1) is 18.9. The predicted octanol–water partition coefficient (Wildman–Crippen LogP) is 3.05. The minimum atomic E-state index is -4.09. The lowest BCUT2D eigenvalue weighted by Crippen LogP contribution is -2.30. The Balaban J connectivity index is 1.89. The van der Waals surface area contributed by atoms with Crippen LogP contribution in [0.4, 0.5) is 0 Å². The second kappa shape index (κ2) is 7.37. The van der Waals surface area contributed by atoms with Crippen molar-refractivity contribution in [1.82, 2.24) is 9.88 Å². The number of sulfonamides is 1. The number of aromatic nitrogens is 1. The highest BCUT2D eigenvalue weighted by molar-refractivity contribution is 7.89. The van der Waals surface area contributed by atoms with Gasteiger partial charge in [-0.25, -0.2) is 13.1 Å². The van der Waals surface area contributed by atoms with Crippen molar-refractivity contribution in [3.63, 3.8) is 0 Å². The lowest BCUT2D eigenvalue weighted by molar-refractivity contribution is -0.137. The van der Waals surface area contributed by atoms with Crippen molar-refractivity contribution >= 4 is 16.0 Å². The van der Waals surface area contributed by atoms with E-state index in [0.717, 1.165) is 5.56 Å². The fourth-order valence-electron chi connectivity index (χ4n) is 2.56. The van der Waals surface area contributed by atoms with Crippen molar-refractivity contribution in [2.75, 3.05) is 0 Å². The number of nitrogens with zero attached hydrogens (tertiary/aromatic N) is 1. The summed E-state index contributed by atoms with van der Waals surface area (Å²) in [5, 5.41) is 12.6. The van der Waals surface area contributed by atoms with Gasteiger partial charge in [-0.2, -0.15) is 0 Å². The van der Waals surface area contributed by atoms with Crippen LogP contribution in [0.25, 0.3) is 11.5 Å². The number of furan rings is 1. The Labute approximate surface area is 155 Å². The standard InChI is InChI=1S/C18H18N2O6S/c1-11-12(2)19-26-18(11)15-8-9-17(25-15)27(23,24)20-14(10-16(21)22)13-6-4-3-5-7-13/h3-9,14,20H,10H2,1-2H3,(H,21,22). The number of aryl methyl sites for hydroxylation is 1. The summed E-state index contributed by atoms with van der Waals surface area (Å²) in [6.45, 7) is 3.55. The molecule has 0 aliphatic heterocycles. The minimum Gasteiger partial charge on any atom is -0.481 e. The molecule has 0 amide bonds. The summed E-state index contributed by atoms with van der Waals surface area (Å²) in [4.78, 5) is 11.2. The molecule has 0 aliphatic rings. The molecule has 0 spiro atoms. The molecule has 1 aromatic carbocycles. The molecule has 0 saturated heterocycles. The Kier molecular flexibility index (Phi) is 5.15. The second-order valence-corrected chi connectivity index (χ2v) is 7.67. The van der Waals surface area contributed by atoms with E-state index in [2.05, 4.69) is 9.88 Å². The van der Waals surface area contributed by atoms with E-state index in [1.165, 1.54) is 12.1 Å². The summed E-state index contributed by atoms with van der Waals surface area (Å²) in [6.07, 6.45) is -0.406. The average Bonchev–Trinajstić information content (AvgIpc) is 3.23. The lowest BCUT2D eigenvalue weighted by Gasteiger charge is -2.16. The van der Waals surface area contributed by atoms with Crippen molar-refractivity contribution in [1.29, 1.82) is 0 Å². The molecule has 27 heavy (non-hydrogen) atoms. The van der Waals surface area contributed by atoms with Crippen LogP contribution in [0.15, 0.2) is 56.5 Å². The molecule has 0 radical (unpaired) electrons. The van der Waals surface area contributed by atoms with E-state index in [-0.39, 0.29) is 10.9 Å². The predicted molar refractivity (Wildman–Crippen MR) is 95.4 cm³/mol. The summed E-state index contributed by atoms with van der Waals surface area (Å²) >= 11 is 0. The van der Waals surface area contributed by atoms with Crippen LogP contribution in [0, 0.1) is 13.8 Å². The third-order valence-corrected chi connectivity index (χ3v) is 5.45. The zero-order chi connectivity index (χ0) is 19.6. The van der Waals surface area contributed by atoms with Crippen LogP contribution in [-0.2, 0) is 14.8 Å². The molecule has 2 aromatic heterocycles. The van der Waals surface area contributed by atoms with E-state index in [4.69, 9.17) is 14.0 Å². The SMILES string of the molecule is Cc1noc(-c2ccc(S(=O)(=O)NC(CC(=O)O)c3ccccc3)o2)c1C. The maximum atomic E-state index is 12.7. The number of hydrogen-bond acceptors (Lipinski definition) is 6. The quantitative estimate of drug-likeness (QED) is 0.635. The summed E-state index contributed by atoms with van der Waals surface area (Å²) in [5.74, 6) is -0.554. The number of hydrogen-bond donors (Lipinski definition) is 2. The molecule has 1 unspecified atom stereocenters. The Morgan fingerprint density at radius 1 is 1.19 bits per heavy atom. The van der Waals surface area contributed by atoms with Gasteiger partial charge in [0, 0.05) is 5.56 Å². The maximum Gasteiger partial charge on any atom is 0.305 e. The van der Waals surface area contributed by atoms with Crippen molar-refractivity contribution in [2.24, 2.45) is 0 Å². The van der Waals surface area contributed by atoms with Gasteiger partial charge in [-0.1, -0.05) is 35.5 Å². The van der Waals surface area contributed by atoms with Crippen LogP contribution in [0.3, 0.4) is 0 Å². The maximum absolute atomic E-state index is 12.7. The molecule has 3 rings (SSSR count). The van der Waals surface area contributed by atoms with Gasteiger partial charge in [0.15, 0.2) is 5.76 Å². The van der Waals surface area contributed by atoms with Crippen LogP contribution in [0.1, 0.15) is 29.3 Å². The zero-order valence-corrected chi connectivity index (χ0v) is 15.5. The van der Waals surface area contributed by atoms with Crippen LogP contribution in [0.2, 0.25) is 0 Å². The molecule has 3 aromatic rings. The number of rotatable bonds is 7. The molecule has 142 valence electrons. The minimum absolute atomic E-state index is 0.225. The zero-order valence-electron chi connectivity index (χ0n) is 14.7. The second-order valence-electron chi connectivity index (χ2n) is 6.02. The van der Waals surface area contributed by atoms with Gasteiger partial charge in [0.25, 0.3) is 10.0 Å². The van der Waals surface area contributed by atoms with E-state index in [9.17, 15) is 13.2 Å². The van der Waals surface area contributed by atoms with Crippen molar-refractivity contribution in [3.8, 4) is 11.5 Å². The first-order valence-electron chi connectivity index (χ1n) is 8.10. The van der Waals surface area contributed by atoms with Crippen molar-refractivity contribution in [2.45, 2.75) is 31.4 Å². The first-order chi connectivity index (χ1) is 12.8. The van der Waals surface area contributed by atoms with Gasteiger partial charge >= 0.3 is 5.97 Å². The average molecular weight is 390 g/mol. The summed E-state index contributed by atoms with van der Waals surface area (Å²) in [6, 6.07) is 10.3. The first-order valence-corrected chi connectivity index (χ1v) is 9.58. The Bertz CT molecular complexity index is 1050. The molecular formula is C18H18N2O6S. The molecule has 1 atom stereocenters. The van der Waals surface area contributed by atoms with Gasteiger partial charge in [-0.3, -0.25) is 4.79 Å². The summed E-state index contributed by atoms with van der Waals surface area (Å²) < 4.78 is 38.4. The molecule has 2 heterocycles. The summed E-state index contributed by atoms with van der Waals surface area (Å²) in [7, 11) is -4.09. The molecule has 0 bridgehead atoms. The van der Waals surface area contributed by atoms with Crippen LogP contribution >= 0.6 is 0 Å². The monoisotopic (exact) mass is 390 g/mol. The van der Waals surface area contributed by atoms with Crippen molar-refractivity contribution in [3.05, 3.63) is 59.3 Å².